The summed E-state index contributed by atoms with van der Waals surface area (Å²) in [6.45, 7) is 2.41. The van der Waals surface area contributed by atoms with Gasteiger partial charge in [-0.05, 0) is 41.5 Å². The number of nitrogens with two attached hydrogens (primary N) is 1. The van der Waals surface area contributed by atoms with Crippen molar-refractivity contribution in [2.75, 3.05) is 0 Å². The van der Waals surface area contributed by atoms with E-state index in [0.29, 0.717) is 29.3 Å². The number of pyridine rings is 1. The normalized spacial score (nSPS) is 11.0. The standard InChI is InChI=1S/C23H21N3O4/c1-14-26-20-9-15(13-29-21-5-3-2-4-17(21)11-22(27)28)8-19(23(20)30-14)16-6-7-25-18(10-16)12-24/h2-10H,11-13,24H2,1H3,(H,27,28). The number of rotatable bonds is 7. The number of oxazole rings is 1. The van der Waals surface area contributed by atoms with Crippen molar-refractivity contribution in [1.29, 1.82) is 0 Å². The maximum Gasteiger partial charge on any atom is 0.307 e. The Kier molecular flexibility index (Phi) is 5.45. The molecule has 0 aliphatic rings. The fourth-order valence-electron chi connectivity index (χ4n) is 3.37. The third-order valence-corrected chi connectivity index (χ3v) is 4.70. The molecule has 7 heteroatoms. The second kappa shape index (κ2) is 8.34. The number of carbonyl (C=O) groups is 1. The van der Waals surface area contributed by atoms with E-state index in [-0.39, 0.29) is 13.0 Å². The van der Waals surface area contributed by atoms with Gasteiger partial charge in [0.25, 0.3) is 0 Å². The topological polar surface area (TPSA) is 111 Å². The molecule has 7 nitrogen and oxygen atoms in total. The summed E-state index contributed by atoms with van der Waals surface area (Å²) in [5.74, 6) is 0.220. The predicted octanol–water partition coefficient (Wildman–Crippen LogP) is 3.86. The van der Waals surface area contributed by atoms with Crippen molar-refractivity contribution >= 4 is 17.1 Å². The molecule has 0 atom stereocenters. The first kappa shape index (κ1) is 19.6. The van der Waals surface area contributed by atoms with Crippen LogP contribution in [0.5, 0.6) is 5.75 Å². The lowest BCUT2D eigenvalue weighted by Gasteiger charge is -2.12. The van der Waals surface area contributed by atoms with Gasteiger partial charge in [0.1, 0.15) is 17.9 Å². The summed E-state index contributed by atoms with van der Waals surface area (Å²) >= 11 is 0. The summed E-state index contributed by atoms with van der Waals surface area (Å²) in [6.07, 6.45) is 1.62. The van der Waals surface area contributed by atoms with Crippen molar-refractivity contribution in [2.24, 2.45) is 5.73 Å². The average molecular weight is 403 g/mol. The van der Waals surface area contributed by atoms with Crippen LogP contribution in [0.15, 0.2) is 59.1 Å². The Morgan fingerprint density at radius 2 is 2.03 bits per heavy atom. The number of hydrogen-bond donors (Lipinski definition) is 2. The second-order valence-electron chi connectivity index (χ2n) is 6.93. The number of ether oxygens (including phenoxy) is 1. The minimum absolute atomic E-state index is 0.0954. The van der Waals surface area contributed by atoms with Crippen molar-refractivity contribution in [1.82, 2.24) is 9.97 Å². The van der Waals surface area contributed by atoms with E-state index < -0.39 is 5.97 Å². The zero-order chi connectivity index (χ0) is 21.1. The fraction of sp³-hybridized carbons (Fsp3) is 0.174. The third kappa shape index (κ3) is 4.16. The molecule has 0 bridgehead atoms. The minimum Gasteiger partial charge on any atom is -0.489 e. The maximum absolute atomic E-state index is 11.1. The van der Waals surface area contributed by atoms with E-state index >= 15 is 0 Å². The highest BCUT2D eigenvalue weighted by Gasteiger charge is 2.14. The Balaban J connectivity index is 1.70. The Labute approximate surface area is 173 Å². The maximum atomic E-state index is 11.1. The van der Waals surface area contributed by atoms with Crippen LogP contribution >= 0.6 is 0 Å². The van der Waals surface area contributed by atoms with Gasteiger partial charge in [-0.15, -0.1) is 0 Å². The molecule has 152 valence electrons. The summed E-state index contributed by atoms with van der Waals surface area (Å²) in [7, 11) is 0. The molecule has 4 aromatic rings. The summed E-state index contributed by atoms with van der Waals surface area (Å²) in [5, 5.41) is 9.11. The van der Waals surface area contributed by atoms with Gasteiger partial charge in [0, 0.05) is 30.8 Å². The number of fused-ring (bicyclic) bond motifs is 1. The first-order chi connectivity index (χ1) is 14.5. The minimum atomic E-state index is -0.902. The van der Waals surface area contributed by atoms with Gasteiger partial charge in [0.05, 0.1) is 12.1 Å². The number of carboxylic acids is 1. The molecule has 30 heavy (non-hydrogen) atoms. The van der Waals surface area contributed by atoms with Gasteiger partial charge in [-0.2, -0.15) is 0 Å². The summed E-state index contributed by atoms with van der Waals surface area (Å²) in [5.41, 5.74) is 11.3. The van der Waals surface area contributed by atoms with Crippen LogP contribution in [-0.2, 0) is 24.4 Å². The first-order valence-electron chi connectivity index (χ1n) is 9.51. The molecule has 2 aromatic heterocycles. The van der Waals surface area contributed by atoms with Gasteiger partial charge in [0.15, 0.2) is 11.5 Å². The largest absolute Gasteiger partial charge is 0.489 e. The SMILES string of the molecule is Cc1nc2cc(COc3ccccc3CC(=O)O)cc(-c3ccnc(CN)c3)c2o1. The van der Waals surface area contributed by atoms with Crippen molar-refractivity contribution < 1.29 is 19.1 Å². The van der Waals surface area contributed by atoms with E-state index in [0.717, 1.165) is 27.9 Å². The molecule has 0 aliphatic carbocycles. The molecule has 0 unspecified atom stereocenters. The van der Waals surface area contributed by atoms with Crippen LogP contribution in [-0.4, -0.2) is 21.0 Å². The number of aromatic nitrogens is 2. The molecule has 2 aromatic carbocycles. The molecule has 0 saturated carbocycles. The Morgan fingerprint density at radius 1 is 1.20 bits per heavy atom. The number of hydrogen-bond acceptors (Lipinski definition) is 6. The molecule has 0 spiro atoms. The van der Waals surface area contributed by atoms with Crippen molar-refractivity contribution in [2.45, 2.75) is 26.5 Å². The second-order valence-corrected chi connectivity index (χ2v) is 6.93. The molecular formula is C23H21N3O4. The van der Waals surface area contributed by atoms with E-state index in [1.807, 2.05) is 30.3 Å². The van der Waals surface area contributed by atoms with Crippen LogP contribution in [0.2, 0.25) is 0 Å². The van der Waals surface area contributed by atoms with E-state index in [2.05, 4.69) is 9.97 Å². The van der Waals surface area contributed by atoms with E-state index in [9.17, 15) is 4.79 Å². The van der Waals surface area contributed by atoms with Gasteiger partial charge in [-0.1, -0.05) is 18.2 Å². The van der Waals surface area contributed by atoms with Crippen LogP contribution in [0.3, 0.4) is 0 Å². The van der Waals surface area contributed by atoms with Crippen LogP contribution in [0.1, 0.15) is 22.7 Å². The monoisotopic (exact) mass is 403 g/mol. The van der Waals surface area contributed by atoms with Crippen LogP contribution < -0.4 is 10.5 Å². The predicted molar refractivity (Wildman–Crippen MR) is 112 cm³/mol. The summed E-state index contributed by atoms with van der Waals surface area (Å²) in [4.78, 5) is 19.8. The van der Waals surface area contributed by atoms with E-state index in [1.165, 1.54) is 0 Å². The van der Waals surface area contributed by atoms with E-state index in [1.54, 1.807) is 31.3 Å². The summed E-state index contributed by atoms with van der Waals surface area (Å²) < 4.78 is 11.8. The molecule has 0 saturated heterocycles. The Bertz CT molecular complexity index is 1220. The lowest BCUT2D eigenvalue weighted by Crippen LogP contribution is -2.04. The molecule has 0 radical (unpaired) electrons. The third-order valence-electron chi connectivity index (χ3n) is 4.70. The highest BCUT2D eigenvalue weighted by Crippen LogP contribution is 2.32. The lowest BCUT2D eigenvalue weighted by atomic mass is 10.0. The number of aryl methyl sites for hydroxylation is 1. The lowest BCUT2D eigenvalue weighted by molar-refractivity contribution is -0.136. The summed E-state index contributed by atoms with van der Waals surface area (Å²) in [6, 6.07) is 14.9. The average Bonchev–Trinajstić information content (AvgIpc) is 3.12. The zero-order valence-corrected chi connectivity index (χ0v) is 16.5. The smallest absolute Gasteiger partial charge is 0.307 e. The zero-order valence-electron chi connectivity index (χ0n) is 16.5. The van der Waals surface area contributed by atoms with Crippen molar-refractivity contribution in [3.8, 4) is 16.9 Å². The number of benzene rings is 2. The highest BCUT2D eigenvalue weighted by atomic mass is 16.5. The molecule has 3 N–H and O–H groups in total. The fourth-order valence-corrected chi connectivity index (χ4v) is 3.37. The molecule has 0 aliphatic heterocycles. The number of nitrogens with zero attached hydrogens (tertiary/aromatic N) is 2. The molecule has 0 fully saturated rings. The number of carboxylic acid groups (broad SMARTS) is 1. The molecular weight excluding hydrogens is 382 g/mol. The molecule has 2 heterocycles. The van der Waals surface area contributed by atoms with Gasteiger partial charge in [-0.3, -0.25) is 9.78 Å². The van der Waals surface area contributed by atoms with Crippen molar-refractivity contribution in [3.63, 3.8) is 0 Å². The van der Waals surface area contributed by atoms with Crippen LogP contribution in [0.4, 0.5) is 0 Å². The molecule has 4 rings (SSSR count). The Morgan fingerprint density at radius 3 is 2.83 bits per heavy atom. The van der Waals surface area contributed by atoms with Crippen LogP contribution in [0, 0.1) is 6.92 Å². The van der Waals surface area contributed by atoms with Crippen LogP contribution in [0.25, 0.3) is 22.2 Å². The Hall–Kier alpha value is -3.71. The van der Waals surface area contributed by atoms with Gasteiger partial charge in [0.2, 0.25) is 0 Å². The van der Waals surface area contributed by atoms with Gasteiger partial charge < -0.3 is 20.0 Å². The van der Waals surface area contributed by atoms with Gasteiger partial charge in [-0.25, -0.2) is 4.98 Å². The van der Waals surface area contributed by atoms with Gasteiger partial charge >= 0.3 is 5.97 Å². The van der Waals surface area contributed by atoms with E-state index in [4.69, 9.17) is 20.0 Å². The number of aliphatic carboxylic acids is 1. The molecule has 0 amide bonds. The highest BCUT2D eigenvalue weighted by molar-refractivity contribution is 5.91. The van der Waals surface area contributed by atoms with Crippen molar-refractivity contribution in [3.05, 3.63) is 77.4 Å². The number of para-hydroxylation sites is 1. The quantitative estimate of drug-likeness (QED) is 0.482. The first-order valence-corrected chi connectivity index (χ1v) is 9.51.